The van der Waals surface area contributed by atoms with E-state index in [9.17, 15) is 0 Å². The number of benzene rings is 1. The fourth-order valence-electron chi connectivity index (χ4n) is 0.715. The number of phenols is 2. The second kappa shape index (κ2) is 2.12. The molecular weight excluding hydrogens is 146 g/mol. The van der Waals surface area contributed by atoms with Crippen LogP contribution in [0.2, 0.25) is 0 Å². The van der Waals surface area contributed by atoms with Crippen molar-refractivity contribution in [1.29, 1.82) is 0 Å². The average molecular weight is 155 g/mol. The highest BCUT2D eigenvalue weighted by Gasteiger charge is 2.10. The van der Waals surface area contributed by atoms with E-state index in [0.717, 1.165) is 0 Å². The minimum atomic E-state index is -0.470. The molecule has 60 valence electrons. The van der Waals surface area contributed by atoms with Gasteiger partial charge in [-0.2, -0.15) is 0 Å². The maximum Gasteiger partial charge on any atom is 0.185 e. The van der Waals surface area contributed by atoms with E-state index in [1.807, 2.05) is 0 Å². The Labute approximate surface area is 63.0 Å². The van der Waals surface area contributed by atoms with E-state index in [1.165, 1.54) is 6.07 Å². The molecule has 0 saturated carbocycles. The number of rotatable bonds is 0. The van der Waals surface area contributed by atoms with Gasteiger partial charge in [0.15, 0.2) is 11.5 Å². The predicted molar refractivity (Wildman–Crippen MR) is 43.0 cm³/mol. The molecule has 5 heteroatoms. The van der Waals surface area contributed by atoms with E-state index in [1.54, 1.807) is 0 Å². The number of nitrogens with two attached hydrogens (primary N) is 3. The number of phenolic OH excluding ortho intramolecular Hbond substituents is 2. The molecule has 1 aromatic rings. The Kier molecular flexibility index (Phi) is 1.41. The fourth-order valence-corrected chi connectivity index (χ4v) is 0.715. The van der Waals surface area contributed by atoms with Gasteiger partial charge in [-0.25, -0.2) is 0 Å². The zero-order valence-corrected chi connectivity index (χ0v) is 5.70. The van der Waals surface area contributed by atoms with E-state index in [-0.39, 0.29) is 17.1 Å². The lowest BCUT2D eigenvalue weighted by Crippen LogP contribution is -1.97. The van der Waals surface area contributed by atoms with Crippen LogP contribution in [0.3, 0.4) is 0 Å². The van der Waals surface area contributed by atoms with Crippen molar-refractivity contribution in [3.63, 3.8) is 0 Å². The summed E-state index contributed by atoms with van der Waals surface area (Å²) in [4.78, 5) is 0. The molecule has 0 amide bonds. The summed E-state index contributed by atoms with van der Waals surface area (Å²) in [6.07, 6.45) is 0. The van der Waals surface area contributed by atoms with Crippen LogP contribution in [-0.4, -0.2) is 10.2 Å². The van der Waals surface area contributed by atoms with Crippen molar-refractivity contribution in [1.82, 2.24) is 0 Å². The van der Waals surface area contributed by atoms with Gasteiger partial charge in [0.25, 0.3) is 0 Å². The van der Waals surface area contributed by atoms with Crippen LogP contribution < -0.4 is 17.2 Å². The Balaban J connectivity index is 3.46. The normalized spacial score (nSPS) is 9.82. The SMILES string of the molecule is Nc1cc(N)c(O)c(O)c1N. The van der Waals surface area contributed by atoms with E-state index in [0.29, 0.717) is 0 Å². The number of hydrogen-bond acceptors (Lipinski definition) is 5. The first kappa shape index (κ1) is 7.33. The van der Waals surface area contributed by atoms with Crippen LogP contribution in [0.4, 0.5) is 17.1 Å². The summed E-state index contributed by atoms with van der Waals surface area (Å²) >= 11 is 0. The van der Waals surface area contributed by atoms with Crippen molar-refractivity contribution in [3.8, 4) is 11.5 Å². The third-order valence-electron chi connectivity index (χ3n) is 1.37. The molecule has 0 saturated heterocycles. The average Bonchev–Trinajstić information content (AvgIpc) is 1.97. The first-order valence-corrected chi connectivity index (χ1v) is 2.89. The van der Waals surface area contributed by atoms with Gasteiger partial charge < -0.3 is 27.4 Å². The summed E-state index contributed by atoms with van der Waals surface area (Å²) in [6.45, 7) is 0. The quantitative estimate of drug-likeness (QED) is 0.203. The lowest BCUT2D eigenvalue weighted by molar-refractivity contribution is 0.408. The fraction of sp³-hybridized carbons (Fsp3) is 0. The topological polar surface area (TPSA) is 119 Å². The molecule has 0 bridgehead atoms. The van der Waals surface area contributed by atoms with E-state index >= 15 is 0 Å². The lowest BCUT2D eigenvalue weighted by Gasteiger charge is -2.06. The maximum atomic E-state index is 9.03. The van der Waals surface area contributed by atoms with Crippen LogP contribution in [0.5, 0.6) is 11.5 Å². The van der Waals surface area contributed by atoms with Gasteiger partial charge in [0.1, 0.15) is 5.69 Å². The molecule has 0 aliphatic carbocycles. The lowest BCUT2D eigenvalue weighted by atomic mass is 10.2. The maximum absolute atomic E-state index is 9.03. The Bertz CT molecular complexity index is 272. The summed E-state index contributed by atoms with van der Waals surface area (Å²) in [5.74, 6) is -0.904. The second-order valence-corrected chi connectivity index (χ2v) is 2.17. The van der Waals surface area contributed by atoms with Crippen molar-refractivity contribution in [2.24, 2.45) is 0 Å². The van der Waals surface area contributed by atoms with Crippen LogP contribution in [0.15, 0.2) is 6.07 Å². The minimum Gasteiger partial charge on any atom is -0.503 e. The molecule has 8 N–H and O–H groups in total. The molecule has 0 aromatic heterocycles. The summed E-state index contributed by atoms with van der Waals surface area (Å²) in [7, 11) is 0. The molecule has 0 aliphatic heterocycles. The molecule has 0 unspecified atom stereocenters. The van der Waals surface area contributed by atoms with Crippen LogP contribution in [0, 0.1) is 0 Å². The zero-order chi connectivity index (χ0) is 8.59. The number of hydrogen-bond donors (Lipinski definition) is 5. The van der Waals surface area contributed by atoms with Crippen molar-refractivity contribution in [2.75, 3.05) is 17.2 Å². The summed E-state index contributed by atoms with van der Waals surface area (Å²) in [6, 6.07) is 1.28. The molecular formula is C6H9N3O2. The monoisotopic (exact) mass is 155 g/mol. The standard InChI is InChI=1S/C6H9N3O2/c7-2-1-3(8)5(10)6(11)4(2)9/h1,10-11H,7-9H2. The van der Waals surface area contributed by atoms with Gasteiger partial charge in [-0.05, 0) is 6.07 Å². The first-order valence-electron chi connectivity index (χ1n) is 2.89. The molecule has 0 radical (unpaired) electrons. The smallest absolute Gasteiger partial charge is 0.185 e. The second-order valence-electron chi connectivity index (χ2n) is 2.17. The van der Waals surface area contributed by atoms with E-state index in [2.05, 4.69) is 0 Å². The number of nitrogen functional groups attached to an aromatic ring is 3. The Morgan fingerprint density at radius 3 is 2.00 bits per heavy atom. The third-order valence-corrected chi connectivity index (χ3v) is 1.37. The van der Waals surface area contributed by atoms with Crippen molar-refractivity contribution < 1.29 is 10.2 Å². The van der Waals surface area contributed by atoms with Gasteiger partial charge in [0.2, 0.25) is 0 Å². The highest BCUT2D eigenvalue weighted by Crippen LogP contribution is 2.39. The zero-order valence-electron chi connectivity index (χ0n) is 5.70. The minimum absolute atomic E-state index is 0.00852. The van der Waals surface area contributed by atoms with Crippen molar-refractivity contribution >= 4 is 17.1 Å². The van der Waals surface area contributed by atoms with E-state index < -0.39 is 11.5 Å². The van der Waals surface area contributed by atoms with Gasteiger partial charge in [-0.3, -0.25) is 0 Å². The van der Waals surface area contributed by atoms with Gasteiger partial charge in [0, 0.05) is 0 Å². The van der Waals surface area contributed by atoms with Crippen LogP contribution in [-0.2, 0) is 0 Å². The molecule has 5 nitrogen and oxygen atoms in total. The highest BCUT2D eigenvalue weighted by molar-refractivity contribution is 5.81. The van der Waals surface area contributed by atoms with Gasteiger partial charge in [-0.15, -0.1) is 0 Å². The largest absolute Gasteiger partial charge is 0.503 e. The first-order chi connectivity index (χ1) is 5.04. The Hall–Kier alpha value is -1.78. The van der Waals surface area contributed by atoms with Crippen molar-refractivity contribution in [2.45, 2.75) is 0 Å². The van der Waals surface area contributed by atoms with Crippen LogP contribution in [0.25, 0.3) is 0 Å². The highest BCUT2D eigenvalue weighted by atomic mass is 16.3. The van der Waals surface area contributed by atoms with Gasteiger partial charge in [-0.1, -0.05) is 0 Å². The van der Waals surface area contributed by atoms with Gasteiger partial charge in [0.05, 0.1) is 11.4 Å². The van der Waals surface area contributed by atoms with Crippen molar-refractivity contribution in [3.05, 3.63) is 6.07 Å². The molecule has 11 heavy (non-hydrogen) atoms. The Morgan fingerprint density at radius 2 is 1.45 bits per heavy atom. The Morgan fingerprint density at radius 1 is 0.909 bits per heavy atom. The van der Waals surface area contributed by atoms with E-state index in [4.69, 9.17) is 27.4 Å². The van der Waals surface area contributed by atoms with Crippen LogP contribution in [0.1, 0.15) is 0 Å². The predicted octanol–water partition coefficient (Wildman–Crippen LogP) is -0.156. The molecule has 0 atom stereocenters. The molecule has 0 aliphatic rings. The molecule has 0 heterocycles. The molecule has 0 spiro atoms. The number of anilines is 3. The van der Waals surface area contributed by atoms with Gasteiger partial charge >= 0.3 is 0 Å². The van der Waals surface area contributed by atoms with Crippen LogP contribution >= 0.6 is 0 Å². The molecule has 0 fully saturated rings. The summed E-state index contributed by atoms with van der Waals surface area (Å²) < 4.78 is 0. The number of aromatic hydroxyl groups is 2. The molecule has 1 aromatic carbocycles. The third kappa shape index (κ3) is 0.958. The molecule has 1 rings (SSSR count). The summed E-state index contributed by atoms with van der Waals surface area (Å²) in [5, 5.41) is 18.0. The summed E-state index contributed by atoms with van der Waals surface area (Å²) in [5.41, 5.74) is 15.9.